The molecular formula is C12H12BrClN2O2S2. The van der Waals surface area contributed by atoms with Crippen LogP contribution in [0.1, 0.15) is 10.7 Å². The lowest BCUT2D eigenvalue weighted by atomic mass is 10.4. The largest absolute Gasteiger partial charge is 0.245 e. The van der Waals surface area contributed by atoms with Crippen molar-refractivity contribution in [3.63, 3.8) is 0 Å². The number of rotatable bonds is 4. The first-order valence-corrected chi connectivity index (χ1v) is 9.12. The van der Waals surface area contributed by atoms with E-state index < -0.39 is 10.0 Å². The highest BCUT2D eigenvalue weighted by molar-refractivity contribution is 9.10. The zero-order chi connectivity index (χ0) is 14.9. The third kappa shape index (κ3) is 3.40. The van der Waals surface area contributed by atoms with Gasteiger partial charge in [0.05, 0.1) is 27.2 Å². The monoisotopic (exact) mass is 394 g/mol. The Morgan fingerprint density at radius 3 is 2.70 bits per heavy atom. The molecule has 1 heterocycles. The van der Waals surface area contributed by atoms with E-state index in [2.05, 4.69) is 20.9 Å². The van der Waals surface area contributed by atoms with Crippen molar-refractivity contribution in [2.45, 2.75) is 18.4 Å². The SMILES string of the molecule is Cc1nc(CN(C)S(=O)(=O)c2ccc(Cl)c(Br)c2)cs1. The molecule has 0 bridgehead atoms. The molecular weight excluding hydrogens is 384 g/mol. The van der Waals surface area contributed by atoms with Gasteiger partial charge in [-0.1, -0.05) is 11.6 Å². The lowest BCUT2D eigenvalue weighted by molar-refractivity contribution is 0.463. The maximum atomic E-state index is 12.4. The topological polar surface area (TPSA) is 50.3 Å². The van der Waals surface area contributed by atoms with Gasteiger partial charge >= 0.3 is 0 Å². The van der Waals surface area contributed by atoms with Crippen LogP contribution in [0.2, 0.25) is 5.02 Å². The summed E-state index contributed by atoms with van der Waals surface area (Å²) in [4.78, 5) is 4.47. The van der Waals surface area contributed by atoms with Crippen molar-refractivity contribution in [1.29, 1.82) is 0 Å². The van der Waals surface area contributed by atoms with Gasteiger partial charge in [0.15, 0.2) is 0 Å². The number of nitrogens with zero attached hydrogens (tertiary/aromatic N) is 2. The highest BCUT2D eigenvalue weighted by Crippen LogP contribution is 2.27. The molecule has 0 amide bonds. The standard InChI is InChI=1S/C12H12BrClN2O2S2/c1-8-15-9(7-19-8)6-16(2)20(17,18)10-3-4-12(14)11(13)5-10/h3-5,7H,6H2,1-2H3. The Labute approximate surface area is 135 Å². The van der Waals surface area contributed by atoms with Gasteiger partial charge in [-0.05, 0) is 41.1 Å². The Morgan fingerprint density at radius 1 is 1.45 bits per heavy atom. The van der Waals surface area contributed by atoms with Gasteiger partial charge < -0.3 is 0 Å². The van der Waals surface area contributed by atoms with Gasteiger partial charge in [-0.3, -0.25) is 0 Å². The molecule has 20 heavy (non-hydrogen) atoms. The molecule has 0 spiro atoms. The second kappa shape index (κ2) is 6.11. The zero-order valence-corrected chi connectivity index (χ0v) is 14.8. The van der Waals surface area contributed by atoms with Crippen molar-refractivity contribution in [2.75, 3.05) is 7.05 Å². The fourth-order valence-electron chi connectivity index (χ4n) is 1.61. The average molecular weight is 396 g/mol. The number of hydrogen-bond donors (Lipinski definition) is 0. The number of benzene rings is 1. The number of halogens is 2. The van der Waals surface area contributed by atoms with Crippen molar-refractivity contribution in [3.05, 3.63) is 43.8 Å². The van der Waals surface area contributed by atoms with Gasteiger partial charge in [0.1, 0.15) is 0 Å². The van der Waals surface area contributed by atoms with E-state index in [1.807, 2.05) is 12.3 Å². The third-order valence-electron chi connectivity index (χ3n) is 2.65. The summed E-state index contributed by atoms with van der Waals surface area (Å²) in [6, 6.07) is 4.55. The maximum absolute atomic E-state index is 12.4. The molecule has 0 aliphatic heterocycles. The minimum atomic E-state index is -3.56. The van der Waals surface area contributed by atoms with Crippen molar-refractivity contribution in [2.24, 2.45) is 0 Å². The Morgan fingerprint density at radius 2 is 2.15 bits per heavy atom. The van der Waals surface area contributed by atoms with Crippen LogP contribution >= 0.6 is 38.9 Å². The molecule has 1 aromatic heterocycles. The molecule has 0 atom stereocenters. The van der Waals surface area contributed by atoms with Gasteiger partial charge in [-0.15, -0.1) is 11.3 Å². The van der Waals surface area contributed by atoms with Crippen LogP contribution in [0.3, 0.4) is 0 Å². The molecule has 1 aromatic carbocycles. The van der Waals surface area contributed by atoms with Crippen LogP contribution in [0, 0.1) is 6.92 Å². The van der Waals surface area contributed by atoms with E-state index in [4.69, 9.17) is 11.6 Å². The van der Waals surface area contributed by atoms with Gasteiger partial charge in [-0.2, -0.15) is 4.31 Å². The highest BCUT2D eigenvalue weighted by atomic mass is 79.9. The molecule has 0 N–H and O–H groups in total. The summed E-state index contributed by atoms with van der Waals surface area (Å²) in [7, 11) is -2.02. The van der Waals surface area contributed by atoms with E-state index in [-0.39, 0.29) is 11.4 Å². The van der Waals surface area contributed by atoms with Crippen LogP contribution in [0.4, 0.5) is 0 Å². The number of aryl methyl sites for hydroxylation is 1. The Balaban J connectivity index is 2.27. The predicted octanol–water partition coefficient (Wildman–Crippen LogP) is 3.69. The average Bonchev–Trinajstić information content (AvgIpc) is 2.78. The zero-order valence-electron chi connectivity index (χ0n) is 10.8. The highest BCUT2D eigenvalue weighted by Gasteiger charge is 2.22. The molecule has 2 rings (SSSR count). The smallest absolute Gasteiger partial charge is 0.243 e. The summed E-state index contributed by atoms with van der Waals surface area (Å²) in [5.41, 5.74) is 0.742. The van der Waals surface area contributed by atoms with Gasteiger partial charge in [0.2, 0.25) is 10.0 Å². The minimum absolute atomic E-state index is 0.197. The molecule has 8 heteroatoms. The molecule has 0 radical (unpaired) electrons. The first-order chi connectivity index (χ1) is 9.30. The second-order valence-electron chi connectivity index (χ2n) is 4.19. The van der Waals surface area contributed by atoms with Crippen LogP contribution in [0.15, 0.2) is 32.9 Å². The predicted molar refractivity (Wildman–Crippen MR) is 84.7 cm³/mol. The molecule has 0 aliphatic rings. The van der Waals surface area contributed by atoms with Crippen LogP contribution in [-0.2, 0) is 16.6 Å². The van der Waals surface area contributed by atoms with Crippen LogP contribution in [-0.4, -0.2) is 24.8 Å². The number of thiazole rings is 1. The van der Waals surface area contributed by atoms with Crippen LogP contribution in [0.25, 0.3) is 0 Å². The van der Waals surface area contributed by atoms with E-state index in [9.17, 15) is 8.42 Å². The summed E-state index contributed by atoms with van der Waals surface area (Å²) in [5.74, 6) is 0. The van der Waals surface area contributed by atoms with E-state index in [1.165, 1.54) is 34.8 Å². The van der Waals surface area contributed by atoms with Crippen LogP contribution < -0.4 is 0 Å². The van der Waals surface area contributed by atoms with Crippen molar-refractivity contribution in [1.82, 2.24) is 9.29 Å². The van der Waals surface area contributed by atoms with E-state index in [0.29, 0.717) is 9.50 Å². The van der Waals surface area contributed by atoms with Gasteiger partial charge in [-0.25, -0.2) is 13.4 Å². The summed E-state index contributed by atoms with van der Waals surface area (Å²) in [6.07, 6.45) is 0. The molecule has 0 aliphatic carbocycles. The van der Waals surface area contributed by atoms with Gasteiger partial charge in [0.25, 0.3) is 0 Å². The molecule has 2 aromatic rings. The second-order valence-corrected chi connectivity index (χ2v) is 8.56. The van der Waals surface area contributed by atoms with Crippen molar-refractivity contribution in [3.8, 4) is 0 Å². The van der Waals surface area contributed by atoms with E-state index >= 15 is 0 Å². The summed E-state index contributed by atoms with van der Waals surface area (Å²) < 4.78 is 26.7. The lowest BCUT2D eigenvalue weighted by Gasteiger charge is -2.16. The van der Waals surface area contributed by atoms with Crippen molar-refractivity contribution >= 4 is 48.9 Å². The first-order valence-electron chi connectivity index (χ1n) is 5.63. The first kappa shape index (κ1) is 15.9. The van der Waals surface area contributed by atoms with Gasteiger partial charge in [0, 0.05) is 16.9 Å². The van der Waals surface area contributed by atoms with E-state index in [0.717, 1.165) is 10.7 Å². The molecule has 108 valence electrons. The summed E-state index contributed by atoms with van der Waals surface area (Å²) in [6.45, 7) is 2.13. The molecule has 4 nitrogen and oxygen atoms in total. The molecule has 0 fully saturated rings. The summed E-state index contributed by atoms with van der Waals surface area (Å²) in [5, 5.41) is 3.25. The molecule has 0 unspecified atom stereocenters. The van der Waals surface area contributed by atoms with E-state index in [1.54, 1.807) is 6.07 Å². The Hall–Kier alpha value is -0.470. The van der Waals surface area contributed by atoms with Crippen molar-refractivity contribution < 1.29 is 8.42 Å². The number of aromatic nitrogens is 1. The maximum Gasteiger partial charge on any atom is 0.243 e. The fourth-order valence-corrected chi connectivity index (χ4v) is 4.03. The minimum Gasteiger partial charge on any atom is -0.245 e. The quantitative estimate of drug-likeness (QED) is 0.793. The fraction of sp³-hybridized carbons (Fsp3) is 0.250. The third-order valence-corrected chi connectivity index (χ3v) is 6.49. The van der Waals surface area contributed by atoms with Crippen LogP contribution in [0.5, 0.6) is 0 Å². The lowest BCUT2D eigenvalue weighted by Crippen LogP contribution is -2.26. The Kier molecular flexibility index (Phi) is 4.86. The number of hydrogen-bond acceptors (Lipinski definition) is 4. The molecule has 0 saturated heterocycles. The Bertz CT molecular complexity index is 731. The normalized spacial score (nSPS) is 12.1. The molecule has 0 saturated carbocycles. The number of sulfonamides is 1. The summed E-state index contributed by atoms with van der Waals surface area (Å²) >= 11 is 10.6.